The summed E-state index contributed by atoms with van der Waals surface area (Å²) in [6.07, 6.45) is 4.04. The van der Waals surface area contributed by atoms with Crippen LogP contribution >= 0.6 is 0 Å². The highest BCUT2D eigenvalue weighted by Gasteiger charge is 2.14. The quantitative estimate of drug-likeness (QED) is 0.158. The van der Waals surface area contributed by atoms with E-state index in [0.29, 0.717) is 17.4 Å². The summed E-state index contributed by atoms with van der Waals surface area (Å²) in [6.45, 7) is 15.9. The van der Waals surface area contributed by atoms with Gasteiger partial charge in [-0.25, -0.2) is 13.2 Å². The third kappa shape index (κ3) is 16.4. The SMILES string of the molecule is CC(C)c1cccc(F)c1F.CC(C)c1ccccc1F.COC[C@@H](C)c1ccccc1.COC[C@H](C)c1ccccc1.C[C@@H]1CCCc2ccccc21. The van der Waals surface area contributed by atoms with E-state index in [9.17, 15) is 13.2 Å². The maximum Gasteiger partial charge on any atom is 0.162 e. The van der Waals surface area contributed by atoms with Gasteiger partial charge in [-0.2, -0.15) is 0 Å². The Labute approximate surface area is 324 Å². The lowest BCUT2D eigenvalue weighted by atomic mass is 9.84. The molecule has 5 aromatic carbocycles. The van der Waals surface area contributed by atoms with Gasteiger partial charge in [0.15, 0.2) is 11.6 Å². The van der Waals surface area contributed by atoms with Crippen LogP contribution in [0.3, 0.4) is 0 Å². The second-order valence-corrected chi connectivity index (χ2v) is 14.5. The minimum atomic E-state index is -0.767. The first kappa shape index (κ1) is 46.0. The minimum Gasteiger partial charge on any atom is -0.384 e. The molecule has 0 saturated heterocycles. The third-order valence-electron chi connectivity index (χ3n) is 9.37. The van der Waals surface area contributed by atoms with Crippen LogP contribution in [0.2, 0.25) is 0 Å². The Hall–Kier alpha value is -4.19. The van der Waals surface area contributed by atoms with Crippen LogP contribution in [0.4, 0.5) is 13.2 Å². The molecule has 54 heavy (non-hydrogen) atoms. The maximum absolute atomic E-state index is 12.9. The molecule has 292 valence electrons. The van der Waals surface area contributed by atoms with E-state index in [2.05, 4.69) is 93.6 Å². The van der Waals surface area contributed by atoms with Gasteiger partial charge in [-0.15, -0.1) is 0 Å². The Morgan fingerprint density at radius 3 is 1.43 bits per heavy atom. The van der Waals surface area contributed by atoms with Crippen LogP contribution in [0.15, 0.2) is 127 Å². The van der Waals surface area contributed by atoms with Gasteiger partial charge in [-0.05, 0) is 82.5 Å². The Morgan fingerprint density at radius 1 is 0.537 bits per heavy atom. The zero-order valence-electron chi connectivity index (χ0n) is 34.0. The molecule has 1 aliphatic carbocycles. The molecule has 0 unspecified atom stereocenters. The van der Waals surface area contributed by atoms with Crippen molar-refractivity contribution >= 4 is 0 Å². The fourth-order valence-corrected chi connectivity index (χ4v) is 6.16. The summed E-state index contributed by atoms with van der Waals surface area (Å²) >= 11 is 0. The highest BCUT2D eigenvalue weighted by molar-refractivity contribution is 5.32. The Bertz CT molecular complexity index is 1660. The number of fused-ring (bicyclic) bond motifs is 1. The first-order valence-electron chi connectivity index (χ1n) is 19.2. The van der Waals surface area contributed by atoms with E-state index in [1.807, 2.05) is 52.0 Å². The van der Waals surface area contributed by atoms with E-state index >= 15 is 0 Å². The van der Waals surface area contributed by atoms with Crippen molar-refractivity contribution in [2.75, 3.05) is 27.4 Å². The average Bonchev–Trinajstić information content (AvgIpc) is 3.18. The maximum atomic E-state index is 12.9. The molecule has 6 rings (SSSR count). The van der Waals surface area contributed by atoms with Gasteiger partial charge in [0.25, 0.3) is 0 Å². The van der Waals surface area contributed by atoms with Crippen molar-refractivity contribution in [2.24, 2.45) is 0 Å². The standard InChI is InChI=1S/C11H14.2C10H14O.C9H10F2.C9H11F/c1-9-5-4-7-10-6-2-3-8-11(9)10;2*1-9(8-11-2)10-6-4-3-5-7-10;1-6(2)7-4-3-5-8(10)9(7)11;1-7(2)8-5-3-4-6-9(8)10/h2-3,6,8-9H,4-5,7H2,1H3;2*3-7,9H,8H2,1-2H3;3-6H,1-2H3;3-7H,1-2H3/t3*9-;;/m110../s1. The zero-order chi connectivity index (χ0) is 39.9. The fraction of sp³-hybridized carbons (Fsp3) is 0.388. The molecule has 0 amide bonds. The molecule has 5 heteroatoms. The molecule has 3 atom stereocenters. The molecule has 0 aromatic heterocycles. The molecular formula is C49H63F3O2. The van der Waals surface area contributed by atoms with Crippen molar-refractivity contribution in [3.63, 3.8) is 0 Å². The Balaban J connectivity index is 0.000000234. The first-order chi connectivity index (χ1) is 25.9. The van der Waals surface area contributed by atoms with Crippen molar-refractivity contribution in [2.45, 2.75) is 97.3 Å². The van der Waals surface area contributed by atoms with Gasteiger partial charge in [0.2, 0.25) is 0 Å². The predicted octanol–water partition coefficient (Wildman–Crippen LogP) is 14.0. The summed E-state index contributed by atoms with van der Waals surface area (Å²) in [7, 11) is 3.47. The number of hydrogen-bond donors (Lipinski definition) is 0. The monoisotopic (exact) mass is 740 g/mol. The van der Waals surface area contributed by atoms with Crippen molar-refractivity contribution < 1.29 is 22.6 Å². The van der Waals surface area contributed by atoms with E-state index in [-0.39, 0.29) is 17.7 Å². The van der Waals surface area contributed by atoms with Gasteiger partial charge in [0.1, 0.15) is 5.82 Å². The molecule has 0 radical (unpaired) electrons. The molecule has 1 aliphatic rings. The fourth-order valence-electron chi connectivity index (χ4n) is 6.16. The molecule has 0 bridgehead atoms. The van der Waals surface area contributed by atoms with Crippen LogP contribution in [0.1, 0.15) is 124 Å². The lowest BCUT2D eigenvalue weighted by Crippen LogP contribution is -2.05. The second-order valence-electron chi connectivity index (χ2n) is 14.5. The normalized spacial score (nSPS) is 14.0. The minimum absolute atomic E-state index is 0.0331. The van der Waals surface area contributed by atoms with Gasteiger partial charge >= 0.3 is 0 Å². The van der Waals surface area contributed by atoms with Gasteiger partial charge in [-0.3, -0.25) is 0 Å². The summed E-state index contributed by atoms with van der Waals surface area (Å²) in [5.74, 6) is 0.519. The van der Waals surface area contributed by atoms with Gasteiger partial charge in [-0.1, -0.05) is 164 Å². The summed E-state index contributed by atoms with van der Waals surface area (Å²) < 4.78 is 48.4. The number of hydrogen-bond acceptors (Lipinski definition) is 2. The molecule has 0 spiro atoms. The van der Waals surface area contributed by atoms with E-state index in [1.54, 1.807) is 37.5 Å². The largest absolute Gasteiger partial charge is 0.384 e. The van der Waals surface area contributed by atoms with E-state index < -0.39 is 11.6 Å². The van der Waals surface area contributed by atoms with E-state index in [0.717, 1.165) is 30.8 Å². The van der Waals surface area contributed by atoms with Crippen LogP contribution in [0.5, 0.6) is 0 Å². The smallest absolute Gasteiger partial charge is 0.162 e. The van der Waals surface area contributed by atoms with Crippen molar-refractivity contribution in [3.8, 4) is 0 Å². The summed E-state index contributed by atoms with van der Waals surface area (Å²) in [4.78, 5) is 0. The summed E-state index contributed by atoms with van der Waals surface area (Å²) in [5, 5.41) is 0. The molecule has 0 fully saturated rings. The van der Waals surface area contributed by atoms with E-state index in [4.69, 9.17) is 9.47 Å². The van der Waals surface area contributed by atoms with Crippen LogP contribution in [0.25, 0.3) is 0 Å². The van der Waals surface area contributed by atoms with Gasteiger partial charge in [0, 0.05) is 26.1 Å². The lowest BCUT2D eigenvalue weighted by Gasteiger charge is -2.21. The molecule has 2 nitrogen and oxygen atoms in total. The first-order valence-corrected chi connectivity index (χ1v) is 19.2. The Kier molecular flexibility index (Phi) is 21.9. The van der Waals surface area contributed by atoms with Gasteiger partial charge in [0.05, 0.1) is 13.2 Å². The van der Waals surface area contributed by atoms with Crippen LogP contribution < -0.4 is 0 Å². The van der Waals surface area contributed by atoms with Crippen molar-refractivity contribution in [1.29, 1.82) is 0 Å². The molecule has 0 aliphatic heterocycles. The number of ether oxygens (including phenoxy) is 2. The second kappa shape index (κ2) is 25.8. The van der Waals surface area contributed by atoms with Gasteiger partial charge < -0.3 is 9.47 Å². The van der Waals surface area contributed by atoms with Crippen molar-refractivity contribution in [1.82, 2.24) is 0 Å². The number of methoxy groups -OCH3 is 2. The van der Waals surface area contributed by atoms with E-state index in [1.165, 1.54) is 42.5 Å². The van der Waals surface area contributed by atoms with Crippen LogP contribution in [-0.2, 0) is 15.9 Å². The number of benzene rings is 5. The van der Waals surface area contributed by atoms with Crippen LogP contribution in [0, 0.1) is 17.5 Å². The number of halogens is 3. The molecule has 0 saturated carbocycles. The molecule has 0 heterocycles. The number of rotatable bonds is 8. The summed E-state index contributed by atoms with van der Waals surface area (Å²) in [6, 6.07) is 40.8. The third-order valence-corrected chi connectivity index (χ3v) is 9.37. The Morgan fingerprint density at radius 2 is 0.981 bits per heavy atom. The number of aryl methyl sites for hydroxylation is 1. The van der Waals surface area contributed by atoms with Crippen molar-refractivity contribution in [3.05, 3.63) is 178 Å². The highest BCUT2D eigenvalue weighted by atomic mass is 19.2. The predicted molar refractivity (Wildman–Crippen MR) is 222 cm³/mol. The zero-order valence-corrected chi connectivity index (χ0v) is 34.0. The lowest BCUT2D eigenvalue weighted by molar-refractivity contribution is 0.184. The molecule has 5 aromatic rings. The highest BCUT2D eigenvalue weighted by Crippen LogP contribution is 2.30. The topological polar surface area (TPSA) is 18.5 Å². The molecule has 0 N–H and O–H groups in total. The average molecular weight is 741 g/mol. The summed E-state index contributed by atoms with van der Waals surface area (Å²) in [5.41, 5.74) is 7.07. The van der Waals surface area contributed by atoms with Crippen LogP contribution in [-0.4, -0.2) is 27.4 Å². The molecular weight excluding hydrogens is 678 g/mol.